The number of rotatable bonds is 4. The normalized spacial score (nSPS) is 22.0. The van der Waals surface area contributed by atoms with Crippen LogP contribution in [0.3, 0.4) is 0 Å². The monoisotopic (exact) mass is 375 g/mol. The van der Waals surface area contributed by atoms with Crippen molar-refractivity contribution >= 4 is 46.4 Å². The third kappa shape index (κ3) is 7.13. The summed E-state index contributed by atoms with van der Waals surface area (Å²) in [6.45, 7) is 0.910. The maximum atomic E-state index is 11.4. The molecule has 1 aromatic rings. The van der Waals surface area contributed by atoms with Gasteiger partial charge in [0.1, 0.15) is 5.15 Å². The van der Waals surface area contributed by atoms with Crippen molar-refractivity contribution in [1.82, 2.24) is 15.0 Å². The highest BCUT2D eigenvalue weighted by Crippen LogP contribution is 2.15. The van der Waals surface area contributed by atoms with Crippen LogP contribution < -0.4 is 10.0 Å². The Labute approximate surface area is 143 Å². The van der Waals surface area contributed by atoms with Gasteiger partial charge in [0, 0.05) is 18.3 Å². The van der Waals surface area contributed by atoms with Gasteiger partial charge < -0.3 is 5.32 Å². The number of halogens is 3. The van der Waals surface area contributed by atoms with E-state index in [1.807, 2.05) is 6.07 Å². The average molecular weight is 377 g/mol. The van der Waals surface area contributed by atoms with E-state index in [0.717, 1.165) is 31.4 Å². The second-order valence-electron chi connectivity index (χ2n) is 4.89. The van der Waals surface area contributed by atoms with E-state index < -0.39 is 10.0 Å². The maximum absolute atomic E-state index is 11.4. The molecule has 2 N–H and O–H groups in total. The molecule has 2 atom stereocenters. The Morgan fingerprint density at radius 2 is 2.14 bits per heavy atom. The fraction of sp³-hybridized carbons (Fsp3) is 0.583. The number of aromatic nitrogens is 1. The molecule has 0 aromatic carbocycles. The van der Waals surface area contributed by atoms with Crippen LogP contribution >= 0.6 is 36.4 Å². The molecule has 0 amide bonds. The van der Waals surface area contributed by atoms with Crippen LogP contribution in [0.4, 0.5) is 0 Å². The molecule has 0 bridgehead atoms. The number of nitrogens with zero attached hydrogens (tertiary/aromatic N) is 1. The first kappa shape index (κ1) is 20.9. The molecule has 5 nitrogen and oxygen atoms in total. The highest BCUT2D eigenvalue weighted by Gasteiger charge is 2.27. The molecule has 1 aliphatic rings. The van der Waals surface area contributed by atoms with E-state index in [-0.39, 0.29) is 36.9 Å². The van der Waals surface area contributed by atoms with Crippen LogP contribution in [0.15, 0.2) is 18.3 Å². The molecular weight excluding hydrogens is 357 g/mol. The quantitative estimate of drug-likeness (QED) is 0.786. The Bertz CT molecular complexity index is 525. The Kier molecular flexibility index (Phi) is 9.08. The van der Waals surface area contributed by atoms with Gasteiger partial charge in [-0.05, 0) is 37.4 Å². The maximum Gasteiger partial charge on any atom is 0.209 e. The SMILES string of the molecule is CS(=O)(=O)N[C@H]1CCCN[C@H]1Cc1ccc(Cl)nc1.Cl.Cl. The predicted molar refractivity (Wildman–Crippen MR) is 90.2 cm³/mol. The molecule has 1 saturated heterocycles. The second kappa shape index (κ2) is 9.12. The Morgan fingerprint density at radius 3 is 2.71 bits per heavy atom. The van der Waals surface area contributed by atoms with Gasteiger partial charge in [0.05, 0.1) is 6.26 Å². The lowest BCUT2D eigenvalue weighted by Gasteiger charge is -2.32. The molecule has 122 valence electrons. The van der Waals surface area contributed by atoms with E-state index in [2.05, 4.69) is 15.0 Å². The Balaban J connectivity index is 0.00000200. The first-order valence-corrected chi connectivity index (χ1v) is 8.52. The van der Waals surface area contributed by atoms with Crippen molar-refractivity contribution in [2.45, 2.75) is 31.3 Å². The van der Waals surface area contributed by atoms with E-state index in [1.165, 1.54) is 6.26 Å². The van der Waals surface area contributed by atoms with Crippen molar-refractivity contribution in [3.05, 3.63) is 29.0 Å². The minimum atomic E-state index is -3.18. The molecule has 1 fully saturated rings. The van der Waals surface area contributed by atoms with E-state index in [9.17, 15) is 8.42 Å². The third-order valence-electron chi connectivity index (χ3n) is 3.19. The summed E-state index contributed by atoms with van der Waals surface area (Å²) in [5.74, 6) is 0. The van der Waals surface area contributed by atoms with E-state index >= 15 is 0 Å². The summed E-state index contributed by atoms with van der Waals surface area (Å²) in [4.78, 5) is 4.04. The lowest BCUT2D eigenvalue weighted by atomic mass is 9.94. The summed E-state index contributed by atoms with van der Waals surface area (Å²) in [6, 6.07) is 3.69. The van der Waals surface area contributed by atoms with Crippen molar-refractivity contribution in [2.75, 3.05) is 12.8 Å². The van der Waals surface area contributed by atoms with Crippen LogP contribution in [-0.2, 0) is 16.4 Å². The van der Waals surface area contributed by atoms with Crippen molar-refractivity contribution in [1.29, 1.82) is 0 Å². The Morgan fingerprint density at radius 1 is 1.43 bits per heavy atom. The predicted octanol–water partition coefficient (Wildman–Crippen LogP) is 1.79. The standard InChI is InChI=1S/C12H18ClN3O2S.2ClH/c1-19(17,18)16-10-3-2-6-14-11(10)7-9-4-5-12(13)15-8-9;;/h4-5,8,10-11,14,16H,2-3,6-7H2,1H3;2*1H/t10-,11-;;/m0../s1. The molecule has 0 saturated carbocycles. The highest BCUT2D eigenvalue weighted by molar-refractivity contribution is 7.88. The third-order valence-corrected chi connectivity index (χ3v) is 4.15. The van der Waals surface area contributed by atoms with Gasteiger partial charge in [-0.25, -0.2) is 18.1 Å². The highest BCUT2D eigenvalue weighted by atomic mass is 35.5. The van der Waals surface area contributed by atoms with E-state index in [1.54, 1.807) is 12.3 Å². The fourth-order valence-electron chi connectivity index (χ4n) is 2.36. The van der Waals surface area contributed by atoms with Crippen LogP contribution in [0.25, 0.3) is 0 Å². The molecule has 0 radical (unpaired) electrons. The Hall–Kier alpha value is -0.110. The van der Waals surface area contributed by atoms with Gasteiger partial charge in [-0.15, -0.1) is 24.8 Å². The summed E-state index contributed by atoms with van der Waals surface area (Å²) in [5.41, 5.74) is 1.05. The zero-order chi connectivity index (χ0) is 13.9. The first-order chi connectivity index (χ1) is 8.94. The van der Waals surface area contributed by atoms with E-state index in [0.29, 0.717) is 5.15 Å². The molecule has 2 heterocycles. The molecular formula is C12H20Cl3N3O2S. The van der Waals surface area contributed by atoms with Gasteiger partial charge in [-0.1, -0.05) is 17.7 Å². The summed E-state index contributed by atoms with van der Waals surface area (Å²) in [5, 5.41) is 3.83. The molecule has 9 heteroatoms. The minimum Gasteiger partial charge on any atom is -0.312 e. The first-order valence-electron chi connectivity index (χ1n) is 6.25. The second-order valence-corrected chi connectivity index (χ2v) is 7.06. The van der Waals surface area contributed by atoms with E-state index in [4.69, 9.17) is 11.6 Å². The van der Waals surface area contributed by atoms with Crippen LogP contribution in [0.5, 0.6) is 0 Å². The molecule has 0 aliphatic carbocycles. The van der Waals surface area contributed by atoms with Gasteiger partial charge in [0.15, 0.2) is 0 Å². The van der Waals surface area contributed by atoms with Crippen LogP contribution in [0, 0.1) is 0 Å². The average Bonchev–Trinajstić information content (AvgIpc) is 2.33. The zero-order valence-corrected chi connectivity index (χ0v) is 14.8. The molecule has 1 aromatic heterocycles. The van der Waals surface area contributed by atoms with Crippen molar-refractivity contribution in [3.8, 4) is 0 Å². The van der Waals surface area contributed by atoms with Gasteiger partial charge >= 0.3 is 0 Å². The molecule has 1 aliphatic heterocycles. The number of hydrogen-bond acceptors (Lipinski definition) is 4. The fourth-order valence-corrected chi connectivity index (χ4v) is 3.31. The number of sulfonamides is 1. The number of pyridine rings is 1. The number of nitrogens with one attached hydrogen (secondary N) is 2. The van der Waals surface area contributed by atoms with Crippen LogP contribution in [0.2, 0.25) is 5.15 Å². The van der Waals surface area contributed by atoms with Gasteiger partial charge in [-0.3, -0.25) is 0 Å². The summed E-state index contributed by atoms with van der Waals surface area (Å²) < 4.78 is 25.4. The zero-order valence-electron chi connectivity index (χ0n) is 11.6. The lowest BCUT2D eigenvalue weighted by Crippen LogP contribution is -2.54. The number of piperidine rings is 1. The van der Waals surface area contributed by atoms with Gasteiger partial charge in [0.25, 0.3) is 0 Å². The van der Waals surface area contributed by atoms with Crippen molar-refractivity contribution in [2.24, 2.45) is 0 Å². The van der Waals surface area contributed by atoms with Gasteiger partial charge in [-0.2, -0.15) is 0 Å². The van der Waals surface area contributed by atoms with Crippen molar-refractivity contribution in [3.63, 3.8) is 0 Å². The van der Waals surface area contributed by atoms with Crippen LogP contribution in [0.1, 0.15) is 18.4 Å². The smallest absolute Gasteiger partial charge is 0.209 e. The lowest BCUT2D eigenvalue weighted by molar-refractivity contribution is 0.329. The van der Waals surface area contributed by atoms with Crippen molar-refractivity contribution < 1.29 is 8.42 Å². The summed E-state index contributed by atoms with van der Waals surface area (Å²) in [7, 11) is -3.18. The molecule has 0 unspecified atom stereocenters. The minimum absolute atomic E-state index is 0. The molecule has 0 spiro atoms. The topological polar surface area (TPSA) is 71.1 Å². The summed E-state index contributed by atoms with van der Waals surface area (Å²) in [6.07, 6.45) is 5.49. The molecule has 2 rings (SSSR count). The summed E-state index contributed by atoms with van der Waals surface area (Å²) >= 11 is 5.75. The number of hydrogen-bond donors (Lipinski definition) is 2. The molecule has 21 heavy (non-hydrogen) atoms. The van der Waals surface area contributed by atoms with Gasteiger partial charge in [0.2, 0.25) is 10.0 Å². The van der Waals surface area contributed by atoms with Crippen LogP contribution in [-0.4, -0.2) is 38.3 Å². The largest absolute Gasteiger partial charge is 0.312 e.